The van der Waals surface area contributed by atoms with E-state index in [1.807, 2.05) is 12.1 Å². The van der Waals surface area contributed by atoms with Crippen LogP contribution in [0.4, 0.5) is 4.39 Å². The van der Waals surface area contributed by atoms with E-state index in [2.05, 4.69) is 17.1 Å². The minimum atomic E-state index is -0.202. The number of nitrogens with one attached hydrogen (secondary N) is 1. The quantitative estimate of drug-likeness (QED) is 0.907. The van der Waals surface area contributed by atoms with E-state index in [1.54, 1.807) is 6.92 Å². The number of hydrogen-bond donors (Lipinski definition) is 1. The molecule has 4 heteroatoms. The van der Waals surface area contributed by atoms with E-state index in [0.29, 0.717) is 5.92 Å². The second-order valence-electron chi connectivity index (χ2n) is 5.56. The Hall–Kier alpha value is -1.42. The van der Waals surface area contributed by atoms with Crippen molar-refractivity contribution in [1.29, 1.82) is 0 Å². The second kappa shape index (κ2) is 6.15. The van der Waals surface area contributed by atoms with Crippen LogP contribution in [0.15, 0.2) is 24.3 Å². The van der Waals surface area contributed by atoms with Crippen LogP contribution in [-0.2, 0) is 11.3 Å². The first-order chi connectivity index (χ1) is 9.02. The summed E-state index contributed by atoms with van der Waals surface area (Å²) < 4.78 is 12.9. The number of hydrogen-bond acceptors (Lipinski definition) is 2. The zero-order valence-electron chi connectivity index (χ0n) is 11.5. The molecule has 104 valence electrons. The SMILES string of the molecule is CC(=O)NC1CC(C)CN(Cc2ccc(F)cc2)C1. The average molecular weight is 264 g/mol. The summed E-state index contributed by atoms with van der Waals surface area (Å²) in [5.41, 5.74) is 1.11. The van der Waals surface area contributed by atoms with Crippen molar-refractivity contribution in [3.8, 4) is 0 Å². The molecular weight excluding hydrogens is 243 g/mol. The first-order valence-corrected chi connectivity index (χ1v) is 6.77. The number of rotatable bonds is 3. The molecule has 1 amide bonds. The Morgan fingerprint density at radius 1 is 1.37 bits per heavy atom. The molecule has 2 unspecified atom stereocenters. The van der Waals surface area contributed by atoms with Crippen LogP contribution in [0.5, 0.6) is 0 Å². The first kappa shape index (κ1) is 14.0. The maximum absolute atomic E-state index is 12.9. The van der Waals surface area contributed by atoms with E-state index in [0.717, 1.165) is 31.6 Å². The number of piperidine rings is 1. The number of halogens is 1. The van der Waals surface area contributed by atoms with Gasteiger partial charge >= 0.3 is 0 Å². The van der Waals surface area contributed by atoms with Gasteiger partial charge in [0.25, 0.3) is 0 Å². The highest BCUT2D eigenvalue weighted by Gasteiger charge is 2.25. The van der Waals surface area contributed by atoms with E-state index in [4.69, 9.17) is 0 Å². The molecule has 0 saturated carbocycles. The molecule has 0 aromatic heterocycles. The molecule has 19 heavy (non-hydrogen) atoms. The standard InChI is InChI=1S/C15H21FN2O/c1-11-7-15(17-12(2)19)10-18(8-11)9-13-3-5-14(16)6-4-13/h3-6,11,15H,7-10H2,1-2H3,(H,17,19). The van der Waals surface area contributed by atoms with Crippen molar-refractivity contribution in [2.75, 3.05) is 13.1 Å². The van der Waals surface area contributed by atoms with Crippen molar-refractivity contribution in [3.63, 3.8) is 0 Å². The van der Waals surface area contributed by atoms with Crippen LogP contribution >= 0.6 is 0 Å². The van der Waals surface area contributed by atoms with Gasteiger partial charge in [0.2, 0.25) is 5.91 Å². The van der Waals surface area contributed by atoms with Crippen molar-refractivity contribution in [2.45, 2.75) is 32.9 Å². The monoisotopic (exact) mass is 264 g/mol. The number of carbonyl (C=O) groups excluding carboxylic acids is 1. The van der Waals surface area contributed by atoms with Gasteiger partial charge in [-0.25, -0.2) is 4.39 Å². The summed E-state index contributed by atoms with van der Waals surface area (Å²) in [5.74, 6) is 0.388. The fraction of sp³-hybridized carbons (Fsp3) is 0.533. The molecule has 1 aromatic carbocycles. The normalized spacial score (nSPS) is 24.2. The molecule has 1 aromatic rings. The Balaban J connectivity index is 1.95. The first-order valence-electron chi connectivity index (χ1n) is 6.77. The van der Waals surface area contributed by atoms with Crippen LogP contribution in [0.3, 0.4) is 0 Å². The highest BCUT2D eigenvalue weighted by Crippen LogP contribution is 2.18. The van der Waals surface area contributed by atoms with Crippen LogP contribution in [0.1, 0.15) is 25.8 Å². The zero-order chi connectivity index (χ0) is 13.8. The molecule has 2 atom stereocenters. The summed E-state index contributed by atoms with van der Waals surface area (Å²) in [7, 11) is 0. The maximum atomic E-state index is 12.9. The van der Waals surface area contributed by atoms with Crippen LogP contribution < -0.4 is 5.32 Å². The molecule has 0 spiro atoms. The molecule has 1 aliphatic rings. The van der Waals surface area contributed by atoms with Gasteiger partial charge < -0.3 is 5.32 Å². The summed E-state index contributed by atoms with van der Waals surface area (Å²) in [6, 6.07) is 6.85. The van der Waals surface area contributed by atoms with Crippen molar-refractivity contribution in [3.05, 3.63) is 35.6 Å². The summed E-state index contributed by atoms with van der Waals surface area (Å²) in [6.45, 7) is 6.45. The maximum Gasteiger partial charge on any atom is 0.217 e. The Bertz CT molecular complexity index is 432. The van der Waals surface area contributed by atoms with E-state index in [9.17, 15) is 9.18 Å². The van der Waals surface area contributed by atoms with Gasteiger partial charge in [-0.2, -0.15) is 0 Å². The van der Waals surface area contributed by atoms with Gasteiger partial charge in [-0.3, -0.25) is 9.69 Å². The molecule has 1 heterocycles. The molecule has 0 radical (unpaired) electrons. The molecule has 1 fully saturated rings. The number of carbonyl (C=O) groups is 1. The van der Waals surface area contributed by atoms with Crippen LogP contribution in [0.25, 0.3) is 0 Å². The molecule has 2 rings (SSSR count). The van der Waals surface area contributed by atoms with Gasteiger partial charge in [0.15, 0.2) is 0 Å². The van der Waals surface area contributed by atoms with Crippen LogP contribution in [0.2, 0.25) is 0 Å². The largest absolute Gasteiger partial charge is 0.352 e. The second-order valence-corrected chi connectivity index (χ2v) is 5.56. The fourth-order valence-corrected chi connectivity index (χ4v) is 2.83. The Labute approximate surface area is 113 Å². The van der Waals surface area contributed by atoms with Crippen molar-refractivity contribution < 1.29 is 9.18 Å². The van der Waals surface area contributed by atoms with Crippen molar-refractivity contribution in [1.82, 2.24) is 10.2 Å². The van der Waals surface area contributed by atoms with Gasteiger partial charge in [-0.1, -0.05) is 19.1 Å². The summed E-state index contributed by atoms with van der Waals surface area (Å²) in [5, 5.41) is 3.00. The Kier molecular flexibility index (Phi) is 4.53. The summed E-state index contributed by atoms with van der Waals surface area (Å²) in [6.07, 6.45) is 1.03. The van der Waals surface area contributed by atoms with Crippen LogP contribution in [-0.4, -0.2) is 29.9 Å². The Morgan fingerprint density at radius 2 is 2.05 bits per heavy atom. The van der Waals surface area contributed by atoms with Gasteiger partial charge in [-0.15, -0.1) is 0 Å². The molecule has 0 bridgehead atoms. The Morgan fingerprint density at radius 3 is 2.68 bits per heavy atom. The smallest absolute Gasteiger partial charge is 0.217 e. The van der Waals surface area contributed by atoms with E-state index < -0.39 is 0 Å². The van der Waals surface area contributed by atoms with E-state index in [-0.39, 0.29) is 17.8 Å². The van der Waals surface area contributed by atoms with Crippen molar-refractivity contribution in [2.24, 2.45) is 5.92 Å². The van der Waals surface area contributed by atoms with Crippen LogP contribution in [0, 0.1) is 11.7 Å². The third-order valence-corrected chi connectivity index (χ3v) is 3.46. The molecule has 3 nitrogen and oxygen atoms in total. The lowest BCUT2D eigenvalue weighted by molar-refractivity contribution is -0.120. The number of benzene rings is 1. The molecule has 0 aliphatic carbocycles. The lowest BCUT2D eigenvalue weighted by atomic mass is 9.95. The average Bonchev–Trinajstić information content (AvgIpc) is 2.30. The lowest BCUT2D eigenvalue weighted by Gasteiger charge is -2.36. The zero-order valence-corrected chi connectivity index (χ0v) is 11.5. The van der Waals surface area contributed by atoms with E-state index in [1.165, 1.54) is 12.1 Å². The van der Waals surface area contributed by atoms with E-state index >= 15 is 0 Å². The molecule has 1 aliphatic heterocycles. The molecule has 1 N–H and O–H groups in total. The topological polar surface area (TPSA) is 32.3 Å². The highest BCUT2D eigenvalue weighted by atomic mass is 19.1. The third kappa shape index (κ3) is 4.31. The lowest BCUT2D eigenvalue weighted by Crippen LogP contribution is -2.49. The number of nitrogens with zero attached hydrogens (tertiary/aromatic N) is 1. The van der Waals surface area contributed by atoms with Gasteiger partial charge in [-0.05, 0) is 30.0 Å². The predicted octanol–water partition coefficient (Wildman–Crippen LogP) is 2.17. The summed E-state index contributed by atoms with van der Waals surface area (Å²) >= 11 is 0. The predicted molar refractivity (Wildman–Crippen MR) is 73.1 cm³/mol. The van der Waals surface area contributed by atoms with Crippen molar-refractivity contribution >= 4 is 5.91 Å². The third-order valence-electron chi connectivity index (χ3n) is 3.46. The number of likely N-dealkylation sites (tertiary alicyclic amines) is 1. The fourth-order valence-electron chi connectivity index (χ4n) is 2.83. The van der Waals surface area contributed by atoms with Gasteiger partial charge in [0.1, 0.15) is 5.82 Å². The minimum absolute atomic E-state index is 0.0285. The van der Waals surface area contributed by atoms with Gasteiger partial charge in [0.05, 0.1) is 0 Å². The summed E-state index contributed by atoms with van der Waals surface area (Å²) in [4.78, 5) is 13.5. The molecule has 1 saturated heterocycles. The minimum Gasteiger partial charge on any atom is -0.352 e. The molecular formula is C15H21FN2O. The highest BCUT2D eigenvalue weighted by molar-refractivity contribution is 5.73. The number of amides is 1. The van der Waals surface area contributed by atoms with Gasteiger partial charge in [0, 0.05) is 32.6 Å².